The number of aryl methyl sites for hydroxylation is 1. The third kappa shape index (κ3) is 2.02. The van der Waals surface area contributed by atoms with Crippen molar-refractivity contribution >= 4 is 5.57 Å². The van der Waals surface area contributed by atoms with Gasteiger partial charge in [-0.05, 0) is 43.4 Å². The number of aromatic nitrogens is 1. The number of hydrogen-bond acceptors (Lipinski definition) is 2. The van der Waals surface area contributed by atoms with E-state index in [-0.39, 0.29) is 6.04 Å². The Morgan fingerprint density at radius 1 is 1.43 bits per heavy atom. The molecule has 1 aromatic rings. The summed E-state index contributed by atoms with van der Waals surface area (Å²) in [6.07, 6.45) is 7.57. The quantitative estimate of drug-likeness (QED) is 0.734. The van der Waals surface area contributed by atoms with Crippen molar-refractivity contribution in [2.75, 3.05) is 0 Å². The monoisotopic (exact) mass is 188 g/mol. The van der Waals surface area contributed by atoms with Crippen molar-refractivity contribution in [1.82, 2.24) is 4.98 Å². The van der Waals surface area contributed by atoms with E-state index in [0.717, 1.165) is 18.5 Å². The van der Waals surface area contributed by atoms with Crippen molar-refractivity contribution in [2.24, 2.45) is 5.73 Å². The van der Waals surface area contributed by atoms with E-state index in [2.05, 4.69) is 23.2 Å². The summed E-state index contributed by atoms with van der Waals surface area (Å²) in [5.74, 6) is 0. The van der Waals surface area contributed by atoms with E-state index in [9.17, 15) is 0 Å². The van der Waals surface area contributed by atoms with E-state index < -0.39 is 0 Å². The summed E-state index contributed by atoms with van der Waals surface area (Å²) in [5, 5.41) is 0. The molecule has 2 N–H and O–H groups in total. The molecule has 0 radical (unpaired) electrons. The van der Waals surface area contributed by atoms with Gasteiger partial charge in [0.1, 0.15) is 0 Å². The second-order valence-corrected chi connectivity index (χ2v) is 3.94. The first-order chi connectivity index (χ1) is 6.75. The van der Waals surface area contributed by atoms with Crippen LogP contribution in [0.2, 0.25) is 0 Å². The third-order valence-corrected chi connectivity index (χ3v) is 2.68. The number of hydrogen-bond donors (Lipinski definition) is 1. The highest BCUT2D eigenvalue weighted by Gasteiger charge is 2.11. The van der Waals surface area contributed by atoms with Crippen LogP contribution in [0.25, 0.3) is 5.57 Å². The molecule has 74 valence electrons. The van der Waals surface area contributed by atoms with Crippen LogP contribution >= 0.6 is 0 Å². The number of pyridine rings is 1. The maximum Gasteiger partial charge on any atom is 0.0373 e. The average Bonchev–Trinajstić information content (AvgIpc) is 2.19. The Bertz CT molecular complexity index is 338. The fourth-order valence-electron chi connectivity index (χ4n) is 1.85. The standard InChI is InChI=1S/C12H16N2/c1-9-5-6-11(8-14-9)10-3-2-4-12(13)7-10/h5-8,12H,2-4,13H2,1H3. The lowest BCUT2D eigenvalue weighted by atomic mass is 9.92. The van der Waals surface area contributed by atoms with Crippen LogP contribution in [0, 0.1) is 6.92 Å². The zero-order valence-corrected chi connectivity index (χ0v) is 8.53. The molecule has 2 heteroatoms. The Balaban J connectivity index is 2.26. The van der Waals surface area contributed by atoms with Crippen molar-refractivity contribution in [3.8, 4) is 0 Å². The molecule has 2 nitrogen and oxygen atoms in total. The van der Waals surface area contributed by atoms with Gasteiger partial charge >= 0.3 is 0 Å². The molecule has 1 unspecified atom stereocenters. The topological polar surface area (TPSA) is 38.9 Å². The SMILES string of the molecule is Cc1ccc(C2=CC(N)CCC2)cn1. The number of rotatable bonds is 1. The highest BCUT2D eigenvalue weighted by atomic mass is 14.7. The predicted octanol–water partition coefficient (Wildman–Crippen LogP) is 2.28. The van der Waals surface area contributed by atoms with Gasteiger partial charge in [-0.3, -0.25) is 4.98 Å². The predicted molar refractivity (Wildman–Crippen MR) is 58.8 cm³/mol. The summed E-state index contributed by atoms with van der Waals surface area (Å²) < 4.78 is 0. The van der Waals surface area contributed by atoms with Gasteiger partial charge in [0.05, 0.1) is 0 Å². The molecule has 0 aliphatic heterocycles. The Hall–Kier alpha value is -1.15. The molecule has 1 atom stereocenters. The van der Waals surface area contributed by atoms with Crippen molar-refractivity contribution in [2.45, 2.75) is 32.2 Å². The molecule has 0 saturated carbocycles. The molecule has 1 aromatic heterocycles. The van der Waals surface area contributed by atoms with E-state index in [4.69, 9.17) is 5.73 Å². The van der Waals surface area contributed by atoms with Gasteiger partial charge in [-0.2, -0.15) is 0 Å². The van der Waals surface area contributed by atoms with Gasteiger partial charge in [-0.1, -0.05) is 12.1 Å². The summed E-state index contributed by atoms with van der Waals surface area (Å²) >= 11 is 0. The average molecular weight is 188 g/mol. The van der Waals surface area contributed by atoms with Crippen LogP contribution < -0.4 is 5.73 Å². The number of allylic oxidation sites excluding steroid dienone is 1. The molecule has 0 bridgehead atoms. The van der Waals surface area contributed by atoms with E-state index in [1.165, 1.54) is 17.6 Å². The van der Waals surface area contributed by atoms with Crippen LogP contribution in [0.1, 0.15) is 30.5 Å². The van der Waals surface area contributed by atoms with Gasteiger partial charge in [-0.25, -0.2) is 0 Å². The van der Waals surface area contributed by atoms with Crippen LogP contribution in [0.15, 0.2) is 24.4 Å². The van der Waals surface area contributed by atoms with Gasteiger partial charge < -0.3 is 5.73 Å². The minimum atomic E-state index is 0.236. The molecule has 1 aliphatic rings. The lowest BCUT2D eigenvalue weighted by molar-refractivity contribution is 0.654. The van der Waals surface area contributed by atoms with E-state index in [1.807, 2.05) is 13.1 Å². The second-order valence-electron chi connectivity index (χ2n) is 3.94. The summed E-state index contributed by atoms with van der Waals surface area (Å²) in [6.45, 7) is 2.00. The molecule has 0 saturated heterocycles. The Kier molecular flexibility index (Phi) is 2.64. The van der Waals surface area contributed by atoms with Crippen molar-refractivity contribution in [1.29, 1.82) is 0 Å². The van der Waals surface area contributed by atoms with Crippen LogP contribution in [0.4, 0.5) is 0 Å². The van der Waals surface area contributed by atoms with Gasteiger partial charge in [0.2, 0.25) is 0 Å². The second kappa shape index (κ2) is 3.93. The Labute approximate surface area is 84.9 Å². The lowest BCUT2D eigenvalue weighted by Crippen LogP contribution is -2.20. The van der Waals surface area contributed by atoms with Crippen molar-refractivity contribution < 1.29 is 0 Å². The number of nitrogens with two attached hydrogens (primary N) is 1. The molecule has 1 heterocycles. The fraction of sp³-hybridized carbons (Fsp3) is 0.417. The molecule has 0 spiro atoms. The highest BCUT2D eigenvalue weighted by Crippen LogP contribution is 2.25. The summed E-state index contributed by atoms with van der Waals surface area (Å²) in [7, 11) is 0. The molecule has 0 fully saturated rings. The van der Waals surface area contributed by atoms with Crippen molar-refractivity contribution in [3.05, 3.63) is 35.7 Å². The highest BCUT2D eigenvalue weighted by molar-refractivity contribution is 5.66. The van der Waals surface area contributed by atoms with E-state index >= 15 is 0 Å². The zero-order valence-electron chi connectivity index (χ0n) is 8.53. The van der Waals surface area contributed by atoms with Gasteiger partial charge in [0.25, 0.3) is 0 Å². The first kappa shape index (κ1) is 9.41. The summed E-state index contributed by atoms with van der Waals surface area (Å²) in [6, 6.07) is 4.42. The van der Waals surface area contributed by atoms with Crippen molar-refractivity contribution in [3.63, 3.8) is 0 Å². The molecule has 2 rings (SSSR count). The van der Waals surface area contributed by atoms with Crippen LogP contribution in [0.5, 0.6) is 0 Å². The van der Waals surface area contributed by atoms with Gasteiger partial charge in [0.15, 0.2) is 0 Å². The summed E-state index contributed by atoms with van der Waals surface area (Å²) in [5.41, 5.74) is 9.55. The first-order valence-corrected chi connectivity index (χ1v) is 5.15. The molecule has 0 amide bonds. The first-order valence-electron chi connectivity index (χ1n) is 5.15. The largest absolute Gasteiger partial charge is 0.324 e. The Morgan fingerprint density at radius 3 is 2.93 bits per heavy atom. The molecular formula is C12H16N2. The maximum atomic E-state index is 5.90. The summed E-state index contributed by atoms with van der Waals surface area (Å²) in [4.78, 5) is 4.30. The molecule has 0 aromatic carbocycles. The third-order valence-electron chi connectivity index (χ3n) is 2.68. The smallest absolute Gasteiger partial charge is 0.0373 e. The van der Waals surface area contributed by atoms with Crippen LogP contribution in [-0.2, 0) is 0 Å². The minimum Gasteiger partial charge on any atom is -0.324 e. The van der Waals surface area contributed by atoms with Gasteiger partial charge in [-0.15, -0.1) is 0 Å². The number of nitrogens with zero attached hydrogens (tertiary/aromatic N) is 1. The molecular weight excluding hydrogens is 172 g/mol. The molecule has 14 heavy (non-hydrogen) atoms. The van der Waals surface area contributed by atoms with E-state index in [1.54, 1.807) is 0 Å². The van der Waals surface area contributed by atoms with Crippen LogP contribution in [-0.4, -0.2) is 11.0 Å². The van der Waals surface area contributed by atoms with Crippen LogP contribution in [0.3, 0.4) is 0 Å². The lowest BCUT2D eigenvalue weighted by Gasteiger charge is -2.17. The Morgan fingerprint density at radius 2 is 2.29 bits per heavy atom. The van der Waals surface area contributed by atoms with E-state index in [0.29, 0.717) is 0 Å². The minimum absolute atomic E-state index is 0.236. The zero-order chi connectivity index (χ0) is 9.97. The normalized spacial score (nSPS) is 21.9. The fourth-order valence-corrected chi connectivity index (χ4v) is 1.85. The maximum absolute atomic E-state index is 5.90. The van der Waals surface area contributed by atoms with Gasteiger partial charge in [0, 0.05) is 17.9 Å². The molecule has 1 aliphatic carbocycles.